The van der Waals surface area contributed by atoms with E-state index in [1.54, 1.807) is 0 Å². The number of aromatic nitrogens is 2. The van der Waals surface area contributed by atoms with Crippen LogP contribution in [0.5, 0.6) is 0 Å². The quantitative estimate of drug-likeness (QED) is 0.648. The standard InChI is InChI=1S/C14H16Br3N3/c1-7(13-8(2)19-20(4)9(13)3)18-14-11(16)5-10(15)6-12(14)17/h5-7,18H,1-4H3. The molecule has 2 rings (SSSR count). The molecule has 0 aliphatic rings. The lowest BCUT2D eigenvalue weighted by Crippen LogP contribution is -2.10. The molecular weight excluding hydrogens is 450 g/mol. The highest BCUT2D eigenvalue weighted by Crippen LogP contribution is 2.37. The molecule has 2 aromatic rings. The molecule has 0 bridgehead atoms. The second-order valence-corrected chi connectivity index (χ2v) is 7.44. The van der Waals surface area contributed by atoms with Crippen LogP contribution in [-0.2, 0) is 7.05 Å². The summed E-state index contributed by atoms with van der Waals surface area (Å²) in [6.45, 7) is 6.29. The fraction of sp³-hybridized carbons (Fsp3) is 0.357. The van der Waals surface area contributed by atoms with E-state index in [4.69, 9.17) is 0 Å². The van der Waals surface area contributed by atoms with Gasteiger partial charge in [-0.1, -0.05) is 15.9 Å². The van der Waals surface area contributed by atoms with Crippen LogP contribution < -0.4 is 5.32 Å². The largest absolute Gasteiger partial charge is 0.377 e. The van der Waals surface area contributed by atoms with Crippen LogP contribution in [0.25, 0.3) is 0 Å². The van der Waals surface area contributed by atoms with Gasteiger partial charge in [0.1, 0.15) is 0 Å². The fourth-order valence-corrected chi connectivity index (χ4v) is 4.87. The van der Waals surface area contributed by atoms with Gasteiger partial charge >= 0.3 is 0 Å². The van der Waals surface area contributed by atoms with Crippen molar-refractivity contribution in [1.82, 2.24) is 9.78 Å². The molecule has 1 aromatic carbocycles. The van der Waals surface area contributed by atoms with Crippen molar-refractivity contribution in [3.63, 3.8) is 0 Å². The fourth-order valence-electron chi connectivity index (χ4n) is 2.39. The molecule has 108 valence electrons. The molecule has 1 atom stereocenters. The first kappa shape index (κ1) is 16.0. The summed E-state index contributed by atoms with van der Waals surface area (Å²) in [5.41, 5.74) is 4.54. The minimum absolute atomic E-state index is 0.178. The minimum atomic E-state index is 0.178. The maximum Gasteiger partial charge on any atom is 0.0649 e. The third kappa shape index (κ3) is 3.12. The predicted molar refractivity (Wildman–Crippen MR) is 94.3 cm³/mol. The molecule has 0 fully saturated rings. The molecule has 0 amide bonds. The van der Waals surface area contributed by atoms with E-state index < -0.39 is 0 Å². The number of aryl methyl sites for hydroxylation is 2. The highest BCUT2D eigenvalue weighted by molar-refractivity contribution is 9.11. The lowest BCUT2D eigenvalue weighted by molar-refractivity contribution is 0.728. The third-order valence-corrected chi connectivity index (χ3v) is 5.07. The van der Waals surface area contributed by atoms with Crippen molar-refractivity contribution in [2.75, 3.05) is 5.32 Å². The number of benzene rings is 1. The van der Waals surface area contributed by atoms with Gasteiger partial charge in [0.2, 0.25) is 0 Å². The average Bonchev–Trinajstić information content (AvgIpc) is 2.58. The second-order valence-electron chi connectivity index (χ2n) is 4.82. The molecule has 0 saturated carbocycles. The Morgan fingerprint density at radius 3 is 2.15 bits per heavy atom. The molecule has 1 N–H and O–H groups in total. The zero-order chi connectivity index (χ0) is 15.0. The van der Waals surface area contributed by atoms with Crippen molar-refractivity contribution in [3.8, 4) is 0 Å². The molecule has 1 aromatic heterocycles. The monoisotopic (exact) mass is 463 g/mol. The first-order valence-electron chi connectivity index (χ1n) is 6.22. The van der Waals surface area contributed by atoms with Crippen molar-refractivity contribution in [3.05, 3.63) is 42.5 Å². The van der Waals surface area contributed by atoms with Crippen LogP contribution in [-0.4, -0.2) is 9.78 Å². The van der Waals surface area contributed by atoms with Crippen molar-refractivity contribution < 1.29 is 0 Å². The third-order valence-electron chi connectivity index (χ3n) is 3.37. The normalized spacial score (nSPS) is 12.6. The lowest BCUT2D eigenvalue weighted by Gasteiger charge is -2.19. The van der Waals surface area contributed by atoms with Gasteiger partial charge in [-0.05, 0) is 64.8 Å². The van der Waals surface area contributed by atoms with E-state index in [2.05, 4.69) is 72.1 Å². The van der Waals surface area contributed by atoms with Crippen LogP contribution in [0.4, 0.5) is 5.69 Å². The Morgan fingerprint density at radius 1 is 1.15 bits per heavy atom. The SMILES string of the molecule is Cc1nn(C)c(C)c1C(C)Nc1c(Br)cc(Br)cc1Br. The summed E-state index contributed by atoms with van der Waals surface area (Å²) < 4.78 is 4.99. The number of rotatable bonds is 3. The van der Waals surface area contributed by atoms with Gasteiger partial charge in [0.25, 0.3) is 0 Å². The number of nitrogens with one attached hydrogen (secondary N) is 1. The first-order valence-corrected chi connectivity index (χ1v) is 8.60. The number of hydrogen-bond acceptors (Lipinski definition) is 2. The van der Waals surface area contributed by atoms with Gasteiger partial charge in [0.05, 0.1) is 17.4 Å². The Morgan fingerprint density at radius 2 is 1.70 bits per heavy atom. The maximum atomic E-state index is 4.48. The van der Waals surface area contributed by atoms with Gasteiger partial charge in [0, 0.05) is 31.7 Å². The van der Waals surface area contributed by atoms with Crippen molar-refractivity contribution in [2.45, 2.75) is 26.8 Å². The van der Waals surface area contributed by atoms with Crippen LogP contribution in [0.15, 0.2) is 25.6 Å². The average molecular weight is 466 g/mol. The van der Waals surface area contributed by atoms with Crippen LogP contribution in [0.2, 0.25) is 0 Å². The summed E-state index contributed by atoms with van der Waals surface area (Å²) in [7, 11) is 1.98. The van der Waals surface area contributed by atoms with Crippen LogP contribution in [0.1, 0.15) is 29.9 Å². The van der Waals surface area contributed by atoms with Gasteiger partial charge in [0.15, 0.2) is 0 Å². The molecule has 6 heteroatoms. The first-order chi connectivity index (χ1) is 9.31. The molecule has 0 aliphatic heterocycles. The van der Waals surface area contributed by atoms with Crippen molar-refractivity contribution >= 4 is 53.5 Å². The molecule has 3 nitrogen and oxygen atoms in total. The summed E-state index contributed by atoms with van der Waals surface area (Å²) in [4.78, 5) is 0. The minimum Gasteiger partial charge on any atom is -0.377 e. The Balaban J connectivity index is 2.35. The maximum absolute atomic E-state index is 4.48. The van der Waals surface area contributed by atoms with Gasteiger partial charge in [-0.2, -0.15) is 5.10 Å². The second kappa shape index (κ2) is 6.20. The Hall–Kier alpha value is -0.330. The Kier molecular flexibility index (Phi) is 4.97. The molecule has 0 aliphatic carbocycles. The summed E-state index contributed by atoms with van der Waals surface area (Å²) in [6.07, 6.45) is 0. The molecule has 0 saturated heterocycles. The van der Waals surface area contributed by atoms with Crippen LogP contribution in [0, 0.1) is 13.8 Å². The summed E-state index contributed by atoms with van der Waals surface area (Å²) in [5.74, 6) is 0. The summed E-state index contributed by atoms with van der Waals surface area (Å²) in [5, 5.41) is 8.03. The van der Waals surface area contributed by atoms with Gasteiger partial charge < -0.3 is 5.32 Å². The van der Waals surface area contributed by atoms with Crippen molar-refractivity contribution in [1.29, 1.82) is 0 Å². The zero-order valence-electron chi connectivity index (χ0n) is 11.8. The Labute approximate surface area is 144 Å². The molecule has 1 heterocycles. The molecular formula is C14H16Br3N3. The van der Waals surface area contributed by atoms with Gasteiger partial charge in [-0.15, -0.1) is 0 Å². The number of anilines is 1. The smallest absolute Gasteiger partial charge is 0.0649 e. The van der Waals surface area contributed by atoms with Crippen LogP contribution >= 0.6 is 47.8 Å². The van der Waals surface area contributed by atoms with E-state index >= 15 is 0 Å². The Bertz CT molecular complexity index is 626. The molecule has 1 unspecified atom stereocenters. The number of nitrogens with zero attached hydrogens (tertiary/aromatic N) is 2. The van der Waals surface area contributed by atoms with E-state index in [-0.39, 0.29) is 6.04 Å². The number of halogens is 3. The summed E-state index contributed by atoms with van der Waals surface area (Å²) in [6, 6.07) is 4.24. The van der Waals surface area contributed by atoms with Gasteiger partial charge in [-0.25, -0.2) is 0 Å². The molecule has 0 radical (unpaired) electrons. The van der Waals surface area contributed by atoms with Gasteiger partial charge in [-0.3, -0.25) is 4.68 Å². The van der Waals surface area contributed by atoms with E-state index in [0.717, 1.165) is 24.8 Å². The zero-order valence-corrected chi connectivity index (χ0v) is 16.5. The lowest BCUT2D eigenvalue weighted by atomic mass is 10.1. The van der Waals surface area contributed by atoms with E-state index in [1.165, 1.54) is 11.3 Å². The topological polar surface area (TPSA) is 29.9 Å². The van der Waals surface area contributed by atoms with E-state index in [9.17, 15) is 0 Å². The molecule has 0 spiro atoms. The highest BCUT2D eigenvalue weighted by atomic mass is 79.9. The summed E-state index contributed by atoms with van der Waals surface area (Å²) >= 11 is 10.7. The van der Waals surface area contributed by atoms with E-state index in [0.29, 0.717) is 0 Å². The number of hydrogen-bond donors (Lipinski definition) is 1. The van der Waals surface area contributed by atoms with E-state index in [1.807, 2.05) is 30.8 Å². The molecule has 20 heavy (non-hydrogen) atoms. The highest BCUT2D eigenvalue weighted by Gasteiger charge is 2.18. The predicted octanol–water partition coefficient (Wildman–Crippen LogP) is 5.50. The van der Waals surface area contributed by atoms with Crippen LogP contribution in [0.3, 0.4) is 0 Å². The van der Waals surface area contributed by atoms with Crippen molar-refractivity contribution in [2.24, 2.45) is 7.05 Å².